The quantitative estimate of drug-likeness (QED) is 0.730. The molecule has 90 valence electrons. The number of hydrogen-bond acceptors (Lipinski definition) is 2. The maximum absolute atomic E-state index is 5.87. The zero-order valence-corrected chi connectivity index (χ0v) is 9.62. The minimum Gasteiger partial charge on any atom is -0.399 e. The molecule has 0 aromatic heterocycles. The molecule has 4 N–H and O–H groups in total. The van der Waals surface area contributed by atoms with Crippen LogP contribution in [-0.4, -0.2) is 0 Å². The highest BCUT2D eigenvalue weighted by molar-refractivity contribution is 5.73. The summed E-state index contributed by atoms with van der Waals surface area (Å²) in [6, 6.07) is 11.9. The van der Waals surface area contributed by atoms with Crippen LogP contribution in [0.2, 0.25) is 0 Å². The van der Waals surface area contributed by atoms with Crippen molar-refractivity contribution in [1.29, 1.82) is 0 Å². The minimum atomic E-state index is 0. The molecule has 0 amide bonds. The normalized spacial score (nSPS) is 9.76. The SMILES string of the molecule is C.Cc1c(N)ccc(-c2ccc(N)cc2)c1C. The fourth-order valence-electron chi connectivity index (χ4n) is 1.82. The Morgan fingerprint density at radius 3 is 1.94 bits per heavy atom. The van der Waals surface area contributed by atoms with Crippen LogP contribution in [0.25, 0.3) is 11.1 Å². The third-order valence-electron chi connectivity index (χ3n) is 3.05. The lowest BCUT2D eigenvalue weighted by atomic mass is 9.96. The van der Waals surface area contributed by atoms with Gasteiger partial charge in [-0.2, -0.15) is 0 Å². The van der Waals surface area contributed by atoms with Crippen LogP contribution in [0.5, 0.6) is 0 Å². The Labute approximate surface area is 103 Å². The summed E-state index contributed by atoms with van der Waals surface area (Å²) in [4.78, 5) is 0. The Hall–Kier alpha value is -1.96. The van der Waals surface area contributed by atoms with Crippen LogP contribution in [0.3, 0.4) is 0 Å². The van der Waals surface area contributed by atoms with E-state index in [1.807, 2.05) is 37.3 Å². The average Bonchev–Trinajstić information content (AvgIpc) is 2.28. The molecule has 2 rings (SSSR count). The number of hydrogen-bond donors (Lipinski definition) is 2. The van der Waals surface area contributed by atoms with Gasteiger partial charge in [0.25, 0.3) is 0 Å². The van der Waals surface area contributed by atoms with Gasteiger partial charge in [-0.1, -0.05) is 25.6 Å². The van der Waals surface area contributed by atoms with Gasteiger partial charge in [0.05, 0.1) is 0 Å². The topological polar surface area (TPSA) is 52.0 Å². The maximum Gasteiger partial charge on any atom is 0.0346 e. The zero-order chi connectivity index (χ0) is 11.7. The van der Waals surface area contributed by atoms with Crippen LogP contribution in [0.4, 0.5) is 11.4 Å². The van der Waals surface area contributed by atoms with E-state index < -0.39 is 0 Å². The first-order chi connectivity index (χ1) is 7.59. The third kappa shape index (κ3) is 2.41. The van der Waals surface area contributed by atoms with Crippen LogP contribution < -0.4 is 11.5 Å². The lowest BCUT2D eigenvalue weighted by Gasteiger charge is -2.11. The van der Waals surface area contributed by atoms with Gasteiger partial charge in [-0.3, -0.25) is 0 Å². The van der Waals surface area contributed by atoms with E-state index in [-0.39, 0.29) is 7.43 Å². The summed E-state index contributed by atoms with van der Waals surface area (Å²) in [5, 5.41) is 0. The average molecular weight is 228 g/mol. The van der Waals surface area contributed by atoms with Gasteiger partial charge in [-0.15, -0.1) is 0 Å². The van der Waals surface area contributed by atoms with Crippen molar-refractivity contribution in [1.82, 2.24) is 0 Å². The highest BCUT2D eigenvalue weighted by atomic mass is 14.6. The lowest BCUT2D eigenvalue weighted by Crippen LogP contribution is -1.94. The lowest BCUT2D eigenvalue weighted by molar-refractivity contribution is 1.34. The zero-order valence-electron chi connectivity index (χ0n) is 9.62. The summed E-state index contributed by atoms with van der Waals surface area (Å²) in [5.41, 5.74) is 17.9. The molecule has 0 atom stereocenters. The van der Waals surface area contributed by atoms with E-state index in [0.29, 0.717) is 0 Å². The molecule has 0 saturated heterocycles. The largest absolute Gasteiger partial charge is 0.399 e. The fraction of sp³-hybridized carbons (Fsp3) is 0.200. The summed E-state index contributed by atoms with van der Waals surface area (Å²) < 4.78 is 0. The first-order valence-corrected chi connectivity index (χ1v) is 5.31. The van der Waals surface area contributed by atoms with Crippen molar-refractivity contribution in [2.75, 3.05) is 11.5 Å². The van der Waals surface area contributed by atoms with Crippen LogP contribution in [0, 0.1) is 13.8 Å². The van der Waals surface area contributed by atoms with Crippen molar-refractivity contribution < 1.29 is 0 Å². The van der Waals surface area contributed by atoms with Gasteiger partial charge in [-0.05, 0) is 54.3 Å². The molecule has 0 bridgehead atoms. The Morgan fingerprint density at radius 1 is 0.765 bits per heavy atom. The highest BCUT2D eigenvalue weighted by Crippen LogP contribution is 2.28. The van der Waals surface area contributed by atoms with E-state index in [1.54, 1.807) is 0 Å². The molecule has 0 spiro atoms. The molecule has 2 aromatic carbocycles. The molecule has 0 aliphatic heterocycles. The molecular formula is C15H20N2. The molecule has 2 nitrogen and oxygen atoms in total. The minimum absolute atomic E-state index is 0. The molecule has 0 fully saturated rings. The summed E-state index contributed by atoms with van der Waals surface area (Å²) in [6.45, 7) is 4.14. The number of benzene rings is 2. The number of nitrogen functional groups attached to an aromatic ring is 2. The highest BCUT2D eigenvalue weighted by Gasteiger charge is 2.05. The van der Waals surface area contributed by atoms with Crippen molar-refractivity contribution in [2.24, 2.45) is 0 Å². The maximum atomic E-state index is 5.87. The molecule has 0 radical (unpaired) electrons. The Bertz CT molecular complexity index is 513. The monoisotopic (exact) mass is 228 g/mol. The second kappa shape index (κ2) is 4.91. The van der Waals surface area contributed by atoms with Gasteiger partial charge < -0.3 is 11.5 Å². The van der Waals surface area contributed by atoms with E-state index in [0.717, 1.165) is 16.9 Å². The molecule has 2 heteroatoms. The second-order valence-corrected chi connectivity index (χ2v) is 4.07. The molecule has 0 heterocycles. The van der Waals surface area contributed by atoms with Gasteiger partial charge in [-0.25, -0.2) is 0 Å². The van der Waals surface area contributed by atoms with E-state index in [9.17, 15) is 0 Å². The van der Waals surface area contributed by atoms with Crippen LogP contribution in [0.1, 0.15) is 18.6 Å². The summed E-state index contributed by atoms with van der Waals surface area (Å²) in [6.07, 6.45) is 0. The van der Waals surface area contributed by atoms with Gasteiger partial charge in [0, 0.05) is 11.4 Å². The predicted molar refractivity (Wildman–Crippen MR) is 76.9 cm³/mol. The molecule has 0 aliphatic carbocycles. The van der Waals surface area contributed by atoms with Crippen molar-refractivity contribution >= 4 is 11.4 Å². The Balaban J connectivity index is 0.00000144. The second-order valence-electron chi connectivity index (χ2n) is 4.07. The van der Waals surface area contributed by atoms with E-state index in [1.165, 1.54) is 16.7 Å². The summed E-state index contributed by atoms with van der Waals surface area (Å²) >= 11 is 0. The van der Waals surface area contributed by atoms with Gasteiger partial charge in [0.1, 0.15) is 0 Å². The van der Waals surface area contributed by atoms with Gasteiger partial charge in [0.2, 0.25) is 0 Å². The third-order valence-corrected chi connectivity index (χ3v) is 3.05. The number of nitrogens with two attached hydrogens (primary N) is 2. The van der Waals surface area contributed by atoms with Crippen molar-refractivity contribution in [3.8, 4) is 11.1 Å². The van der Waals surface area contributed by atoms with E-state index in [4.69, 9.17) is 11.5 Å². The smallest absolute Gasteiger partial charge is 0.0346 e. The molecule has 2 aromatic rings. The van der Waals surface area contributed by atoms with Crippen LogP contribution >= 0.6 is 0 Å². The summed E-state index contributed by atoms with van der Waals surface area (Å²) in [5.74, 6) is 0. The Morgan fingerprint density at radius 2 is 1.35 bits per heavy atom. The van der Waals surface area contributed by atoms with Gasteiger partial charge >= 0.3 is 0 Å². The van der Waals surface area contributed by atoms with E-state index >= 15 is 0 Å². The molecule has 0 saturated carbocycles. The van der Waals surface area contributed by atoms with Crippen molar-refractivity contribution in [3.05, 3.63) is 47.5 Å². The number of anilines is 2. The Kier molecular flexibility index (Phi) is 3.79. The molecule has 0 aliphatic rings. The fourth-order valence-corrected chi connectivity index (χ4v) is 1.82. The predicted octanol–water partition coefficient (Wildman–Crippen LogP) is 3.77. The number of rotatable bonds is 1. The molecule has 0 unspecified atom stereocenters. The van der Waals surface area contributed by atoms with Crippen molar-refractivity contribution in [2.45, 2.75) is 21.3 Å². The van der Waals surface area contributed by atoms with E-state index in [2.05, 4.69) is 13.0 Å². The van der Waals surface area contributed by atoms with Crippen molar-refractivity contribution in [3.63, 3.8) is 0 Å². The van der Waals surface area contributed by atoms with Gasteiger partial charge in [0.15, 0.2) is 0 Å². The standard InChI is InChI=1S/C14H16N2.CH4/c1-9-10(2)14(16)8-7-13(9)11-3-5-12(15)6-4-11;/h3-8H,15-16H2,1-2H3;1H4. The molecule has 17 heavy (non-hydrogen) atoms. The van der Waals surface area contributed by atoms with Crippen LogP contribution in [0.15, 0.2) is 36.4 Å². The van der Waals surface area contributed by atoms with Crippen LogP contribution in [-0.2, 0) is 0 Å². The first kappa shape index (κ1) is 13.1. The molecular weight excluding hydrogens is 208 g/mol. The first-order valence-electron chi connectivity index (χ1n) is 5.31. The summed E-state index contributed by atoms with van der Waals surface area (Å²) in [7, 11) is 0.